The Hall–Kier alpha value is -5.25. The van der Waals surface area contributed by atoms with Crippen molar-refractivity contribution in [2.24, 2.45) is 7.05 Å². The topological polar surface area (TPSA) is 130 Å². The van der Waals surface area contributed by atoms with Crippen molar-refractivity contribution in [3.63, 3.8) is 0 Å². The minimum atomic E-state index is -0.356. The molecule has 10 nitrogen and oxygen atoms in total. The van der Waals surface area contributed by atoms with E-state index in [9.17, 15) is 4.79 Å². The van der Waals surface area contributed by atoms with E-state index >= 15 is 0 Å². The van der Waals surface area contributed by atoms with Crippen LogP contribution >= 0.6 is 0 Å². The molecule has 0 spiro atoms. The van der Waals surface area contributed by atoms with Gasteiger partial charge in [-0.2, -0.15) is 10.1 Å². The summed E-state index contributed by atoms with van der Waals surface area (Å²) in [7, 11) is 1.86. The molecule has 3 N–H and O–H groups in total. The van der Waals surface area contributed by atoms with E-state index in [2.05, 4.69) is 25.5 Å². The zero-order valence-corrected chi connectivity index (χ0v) is 21.7. The van der Waals surface area contributed by atoms with Crippen LogP contribution in [0.5, 0.6) is 0 Å². The van der Waals surface area contributed by atoms with Crippen LogP contribution in [-0.2, 0) is 7.05 Å². The lowest BCUT2D eigenvalue weighted by Crippen LogP contribution is -2.26. The summed E-state index contributed by atoms with van der Waals surface area (Å²) in [5, 5.41) is 13.2. The number of nitrogens with zero attached hydrogens (tertiary/aromatic N) is 6. The Labute approximate surface area is 223 Å². The number of aromatic nitrogens is 6. The highest BCUT2D eigenvalue weighted by atomic mass is 16.5. The van der Waals surface area contributed by atoms with E-state index in [1.165, 1.54) is 0 Å². The zero-order chi connectivity index (χ0) is 27.1. The van der Waals surface area contributed by atoms with Gasteiger partial charge in [0, 0.05) is 49.0 Å². The summed E-state index contributed by atoms with van der Waals surface area (Å²) in [5.74, 6) is 1.25. The van der Waals surface area contributed by atoms with Crippen LogP contribution in [0.25, 0.3) is 39.0 Å². The molecule has 0 amide bonds. The summed E-state index contributed by atoms with van der Waals surface area (Å²) >= 11 is 0. The van der Waals surface area contributed by atoms with Crippen molar-refractivity contribution >= 4 is 22.3 Å². The van der Waals surface area contributed by atoms with E-state index in [0.717, 1.165) is 27.9 Å². The average molecular weight is 519 g/mol. The van der Waals surface area contributed by atoms with Gasteiger partial charge in [-0.05, 0) is 42.1 Å². The zero-order valence-electron chi connectivity index (χ0n) is 21.7. The van der Waals surface area contributed by atoms with Crippen molar-refractivity contribution in [2.45, 2.75) is 19.9 Å². The fraction of sp³-hybridized carbons (Fsp3) is 0.138. The third-order valence-electron chi connectivity index (χ3n) is 6.64. The van der Waals surface area contributed by atoms with Crippen molar-refractivity contribution in [1.82, 2.24) is 29.5 Å². The van der Waals surface area contributed by atoms with Crippen LogP contribution in [0.4, 0.5) is 11.5 Å². The third kappa shape index (κ3) is 4.31. The first-order valence-electron chi connectivity index (χ1n) is 12.5. The molecule has 0 radical (unpaired) electrons. The van der Waals surface area contributed by atoms with Crippen molar-refractivity contribution < 1.29 is 4.52 Å². The normalized spacial score (nSPS) is 12.1. The van der Waals surface area contributed by atoms with Crippen molar-refractivity contribution in [3.05, 3.63) is 101 Å². The Morgan fingerprint density at radius 2 is 1.90 bits per heavy atom. The van der Waals surface area contributed by atoms with Crippen LogP contribution in [0, 0.1) is 6.92 Å². The van der Waals surface area contributed by atoms with E-state index in [4.69, 9.17) is 10.3 Å². The van der Waals surface area contributed by atoms with Gasteiger partial charge in [0.2, 0.25) is 11.7 Å². The number of benzene rings is 2. The van der Waals surface area contributed by atoms with Gasteiger partial charge in [0.1, 0.15) is 5.82 Å². The molecule has 1 atom stereocenters. The Bertz CT molecular complexity index is 1870. The molecule has 0 saturated carbocycles. The van der Waals surface area contributed by atoms with Gasteiger partial charge in [0.25, 0.3) is 5.56 Å². The number of para-hydroxylation sites is 1. The number of rotatable bonds is 6. The molecule has 10 heteroatoms. The van der Waals surface area contributed by atoms with E-state index < -0.39 is 0 Å². The maximum atomic E-state index is 14.3. The summed E-state index contributed by atoms with van der Waals surface area (Å²) in [6, 6.07) is 18.8. The molecule has 0 bridgehead atoms. The summed E-state index contributed by atoms with van der Waals surface area (Å²) in [4.78, 5) is 23.2. The molecule has 4 heterocycles. The summed E-state index contributed by atoms with van der Waals surface area (Å²) in [6.45, 7) is 3.69. The summed E-state index contributed by atoms with van der Waals surface area (Å²) in [5.41, 5.74) is 10.4. The molecule has 2 aromatic carbocycles. The molecule has 39 heavy (non-hydrogen) atoms. The van der Waals surface area contributed by atoms with Crippen molar-refractivity contribution in [1.29, 1.82) is 0 Å². The number of nitrogens with one attached hydrogen (secondary N) is 1. The first kappa shape index (κ1) is 24.1. The predicted molar refractivity (Wildman–Crippen MR) is 150 cm³/mol. The predicted octanol–water partition coefficient (Wildman–Crippen LogP) is 4.90. The monoisotopic (exact) mass is 518 g/mol. The summed E-state index contributed by atoms with van der Waals surface area (Å²) < 4.78 is 8.65. The Morgan fingerprint density at radius 3 is 2.62 bits per heavy atom. The highest BCUT2D eigenvalue weighted by molar-refractivity contribution is 5.96. The quantitative estimate of drug-likeness (QED) is 0.318. The van der Waals surface area contributed by atoms with Crippen LogP contribution < -0.4 is 16.6 Å². The SMILES string of the molecule is Cc1nc(-c2c(N)ccnc2N[C@@H](C)c2cc3cccc(-c4cnn(C)c4)c3c(=O)n2-c2ccccc2)no1. The Kier molecular flexibility index (Phi) is 5.91. The number of aryl methyl sites for hydroxylation is 2. The second-order valence-corrected chi connectivity index (χ2v) is 9.34. The molecule has 6 aromatic rings. The molecule has 0 fully saturated rings. The first-order chi connectivity index (χ1) is 18.9. The van der Waals surface area contributed by atoms with Gasteiger partial charge >= 0.3 is 0 Å². The molecule has 6 rings (SSSR count). The fourth-order valence-corrected chi connectivity index (χ4v) is 4.85. The minimum Gasteiger partial charge on any atom is -0.398 e. The average Bonchev–Trinajstić information content (AvgIpc) is 3.56. The maximum Gasteiger partial charge on any atom is 0.263 e. The van der Waals surface area contributed by atoms with Crippen LogP contribution in [0.2, 0.25) is 0 Å². The highest BCUT2D eigenvalue weighted by Gasteiger charge is 2.22. The number of hydrogen-bond acceptors (Lipinski definition) is 8. The van der Waals surface area contributed by atoms with E-state index in [0.29, 0.717) is 34.2 Å². The molecule has 0 aliphatic rings. The summed E-state index contributed by atoms with van der Waals surface area (Å²) in [6.07, 6.45) is 5.29. The van der Waals surface area contributed by atoms with Crippen LogP contribution in [0.3, 0.4) is 0 Å². The van der Waals surface area contributed by atoms with Gasteiger partial charge in [0.15, 0.2) is 0 Å². The molecular formula is C29H26N8O2. The molecule has 194 valence electrons. The van der Waals surface area contributed by atoms with Crippen molar-refractivity contribution in [2.75, 3.05) is 11.1 Å². The standard InChI is InChI=1S/C29H26N8O2/c1-17(33-27-26(23(30)12-13-31-27)28-34-18(2)39-35-28)24-14-19-8-7-11-22(20-15-32-36(3)16-20)25(19)29(38)37(24)21-9-5-4-6-10-21/h4-17H,1-3H3,(H3,30,31,33)/t17-/m0/s1. The molecular weight excluding hydrogens is 492 g/mol. The Balaban J connectivity index is 1.54. The molecule has 4 aromatic heterocycles. The third-order valence-corrected chi connectivity index (χ3v) is 6.64. The lowest BCUT2D eigenvalue weighted by atomic mass is 9.99. The van der Waals surface area contributed by atoms with Gasteiger partial charge in [-0.25, -0.2) is 4.98 Å². The number of nitrogen functional groups attached to an aromatic ring is 1. The number of fused-ring (bicyclic) bond motifs is 1. The van der Waals surface area contributed by atoms with E-state index in [1.54, 1.807) is 34.6 Å². The highest BCUT2D eigenvalue weighted by Crippen LogP contribution is 2.34. The molecule has 0 aliphatic heterocycles. The number of anilines is 2. The fourth-order valence-electron chi connectivity index (χ4n) is 4.85. The number of nitrogens with two attached hydrogens (primary N) is 1. The van der Waals surface area contributed by atoms with Crippen molar-refractivity contribution in [3.8, 4) is 28.2 Å². The Morgan fingerprint density at radius 1 is 1.08 bits per heavy atom. The van der Waals surface area contributed by atoms with E-state index in [-0.39, 0.29) is 11.6 Å². The molecule has 0 saturated heterocycles. The minimum absolute atomic E-state index is 0.128. The van der Waals surface area contributed by atoms with Crippen LogP contribution in [0.15, 0.2) is 88.6 Å². The van der Waals surface area contributed by atoms with Gasteiger partial charge in [-0.3, -0.25) is 14.0 Å². The smallest absolute Gasteiger partial charge is 0.263 e. The van der Waals surface area contributed by atoms with Gasteiger partial charge in [-0.1, -0.05) is 41.6 Å². The largest absolute Gasteiger partial charge is 0.398 e. The van der Waals surface area contributed by atoms with Crippen LogP contribution in [-0.4, -0.2) is 29.5 Å². The first-order valence-corrected chi connectivity index (χ1v) is 12.5. The van der Waals surface area contributed by atoms with Gasteiger partial charge < -0.3 is 15.6 Å². The second-order valence-electron chi connectivity index (χ2n) is 9.34. The molecule has 0 aliphatic carbocycles. The lowest BCUT2D eigenvalue weighted by Gasteiger charge is -2.23. The number of pyridine rings is 2. The van der Waals surface area contributed by atoms with Gasteiger partial charge in [-0.15, -0.1) is 0 Å². The lowest BCUT2D eigenvalue weighted by molar-refractivity contribution is 0.394. The maximum absolute atomic E-state index is 14.3. The van der Waals surface area contributed by atoms with E-state index in [1.807, 2.05) is 74.8 Å². The van der Waals surface area contributed by atoms with Crippen LogP contribution in [0.1, 0.15) is 24.6 Å². The van der Waals surface area contributed by atoms with Gasteiger partial charge in [0.05, 0.1) is 23.2 Å². The number of hydrogen-bond donors (Lipinski definition) is 2. The second kappa shape index (κ2) is 9.56. The molecule has 0 unspecified atom stereocenters.